The lowest BCUT2D eigenvalue weighted by molar-refractivity contribution is -0.141. The highest BCUT2D eigenvalue weighted by Crippen LogP contribution is 2.47. The number of unbranched alkanes of at least 4 members (excludes halogenated alkanes) is 3. The number of hydrogen-bond acceptors (Lipinski definition) is 10. The molecule has 3 aliphatic rings. The van der Waals surface area contributed by atoms with E-state index in [0.29, 0.717) is 48.2 Å². The van der Waals surface area contributed by atoms with Gasteiger partial charge in [-0.15, -0.1) is 13.2 Å². The Hall–Kier alpha value is -4.73. The first-order valence-corrected chi connectivity index (χ1v) is 19.1. The van der Waals surface area contributed by atoms with Crippen molar-refractivity contribution in [3.05, 3.63) is 49.2 Å². The highest BCUT2D eigenvalue weighted by Gasteiger charge is 2.63. The molecule has 0 radical (unpaired) electrons. The first-order chi connectivity index (χ1) is 24.7. The number of rotatable bonds is 18. The Morgan fingerprint density at radius 3 is 2.50 bits per heavy atom. The Morgan fingerprint density at radius 2 is 1.88 bits per heavy atom. The molecule has 1 unspecified atom stereocenters. The number of likely N-dealkylation sites (tertiary alicyclic amines) is 1. The number of methoxy groups -OCH3 is 1. The number of nitrogens with zero attached hydrogens (tertiary/aromatic N) is 3. The number of aryl methyl sites for hydroxylation is 1. The summed E-state index contributed by atoms with van der Waals surface area (Å²) in [7, 11) is -2.47. The van der Waals surface area contributed by atoms with Gasteiger partial charge in [0.15, 0.2) is 0 Å². The predicted molar refractivity (Wildman–Crippen MR) is 192 cm³/mol. The van der Waals surface area contributed by atoms with E-state index in [1.807, 2.05) is 6.92 Å². The van der Waals surface area contributed by atoms with Crippen LogP contribution in [-0.4, -0.2) is 94.3 Å². The van der Waals surface area contributed by atoms with Crippen molar-refractivity contribution in [3.63, 3.8) is 0 Å². The van der Waals surface area contributed by atoms with E-state index in [-0.39, 0.29) is 31.7 Å². The highest BCUT2D eigenvalue weighted by atomic mass is 32.2. The molecule has 15 nitrogen and oxygen atoms in total. The van der Waals surface area contributed by atoms with Gasteiger partial charge in [0.1, 0.15) is 35.2 Å². The summed E-state index contributed by atoms with van der Waals surface area (Å²) in [6.07, 6.45) is 5.58. The van der Waals surface area contributed by atoms with E-state index in [9.17, 15) is 32.7 Å². The van der Waals surface area contributed by atoms with Crippen LogP contribution in [0, 0.1) is 5.92 Å². The molecule has 1 aromatic heterocycles. The van der Waals surface area contributed by atoms with E-state index in [1.165, 1.54) is 18.1 Å². The SMILES string of the molecule is C=CCCCCCC(NC(=O)O)C(=O)N1C[C@H](Oc2nc3cc(OC)ccc3nc2CC)C[C@H]1C(=O)N[C@]1(C(=O)NS(=O)(=O)C2(C)CC2)C[C@H]1C=C. The molecule has 2 heterocycles. The quantitative estimate of drug-likeness (QED) is 0.129. The van der Waals surface area contributed by atoms with Gasteiger partial charge in [-0.3, -0.25) is 19.1 Å². The predicted octanol–water partition coefficient (Wildman–Crippen LogP) is 3.38. The van der Waals surface area contributed by atoms with Crippen LogP contribution in [0.25, 0.3) is 11.0 Å². The van der Waals surface area contributed by atoms with Crippen molar-refractivity contribution in [2.24, 2.45) is 5.92 Å². The van der Waals surface area contributed by atoms with Crippen molar-refractivity contribution in [1.29, 1.82) is 0 Å². The summed E-state index contributed by atoms with van der Waals surface area (Å²) in [6.45, 7) is 10.8. The third-order valence-electron chi connectivity index (χ3n) is 10.2. The van der Waals surface area contributed by atoms with Crippen LogP contribution in [0.15, 0.2) is 43.5 Å². The van der Waals surface area contributed by atoms with Crippen LogP contribution < -0.4 is 24.8 Å². The van der Waals surface area contributed by atoms with Crippen LogP contribution in [0.1, 0.15) is 77.3 Å². The number of amides is 4. The number of carbonyl (C=O) groups is 4. The second-order valence-corrected chi connectivity index (χ2v) is 16.2. The number of aromatic nitrogens is 2. The fourth-order valence-electron chi connectivity index (χ4n) is 6.58. The minimum atomic E-state index is -4.01. The van der Waals surface area contributed by atoms with Crippen molar-refractivity contribution in [2.45, 2.75) is 107 Å². The molecule has 1 saturated heterocycles. The van der Waals surface area contributed by atoms with Gasteiger partial charge in [0, 0.05) is 18.4 Å². The zero-order valence-electron chi connectivity index (χ0n) is 29.9. The van der Waals surface area contributed by atoms with Crippen LogP contribution >= 0.6 is 0 Å². The van der Waals surface area contributed by atoms with E-state index in [4.69, 9.17) is 14.5 Å². The molecule has 52 heavy (non-hydrogen) atoms. The summed E-state index contributed by atoms with van der Waals surface area (Å²) in [5.41, 5.74) is 0.110. The van der Waals surface area contributed by atoms with E-state index >= 15 is 0 Å². The summed E-state index contributed by atoms with van der Waals surface area (Å²) in [5.74, 6) is -1.97. The lowest BCUT2D eigenvalue weighted by Gasteiger charge is -2.29. The Bertz CT molecular complexity index is 1850. The monoisotopic (exact) mass is 740 g/mol. The van der Waals surface area contributed by atoms with Gasteiger partial charge in [-0.1, -0.05) is 31.9 Å². The Balaban J connectivity index is 1.42. The molecule has 2 aliphatic carbocycles. The zero-order valence-corrected chi connectivity index (χ0v) is 30.7. The molecule has 1 aromatic carbocycles. The van der Waals surface area contributed by atoms with Crippen LogP contribution in [0.4, 0.5) is 4.79 Å². The topological polar surface area (TPSA) is 206 Å². The van der Waals surface area contributed by atoms with E-state index in [2.05, 4.69) is 33.5 Å². The fraction of sp³-hybridized carbons (Fsp3) is 0.556. The van der Waals surface area contributed by atoms with Crippen molar-refractivity contribution < 1.29 is 42.2 Å². The first kappa shape index (κ1) is 38.5. The maximum absolute atomic E-state index is 14.2. The summed E-state index contributed by atoms with van der Waals surface area (Å²) in [4.78, 5) is 64.3. The van der Waals surface area contributed by atoms with Gasteiger partial charge < -0.3 is 30.1 Å². The van der Waals surface area contributed by atoms with Gasteiger partial charge in [0.05, 0.1) is 29.4 Å². The maximum Gasteiger partial charge on any atom is 0.405 e. The average Bonchev–Trinajstić information content (AvgIpc) is 4.00. The smallest absolute Gasteiger partial charge is 0.405 e. The molecule has 3 fully saturated rings. The number of carbonyl (C=O) groups excluding carboxylic acids is 3. The van der Waals surface area contributed by atoms with Crippen molar-refractivity contribution in [3.8, 4) is 11.6 Å². The summed E-state index contributed by atoms with van der Waals surface area (Å²) < 4.78 is 38.7. The number of carboxylic acid groups (broad SMARTS) is 1. The molecule has 2 aromatic rings. The number of ether oxygens (including phenoxy) is 2. The maximum atomic E-state index is 14.2. The fourth-order valence-corrected chi connectivity index (χ4v) is 7.89. The number of sulfonamides is 1. The molecule has 1 aliphatic heterocycles. The minimum Gasteiger partial charge on any atom is -0.497 e. The molecule has 282 valence electrons. The van der Waals surface area contributed by atoms with Crippen LogP contribution in [0.3, 0.4) is 0 Å². The largest absolute Gasteiger partial charge is 0.497 e. The van der Waals surface area contributed by atoms with Gasteiger partial charge in [-0.2, -0.15) is 0 Å². The number of allylic oxidation sites excluding steroid dienone is 1. The molecule has 16 heteroatoms. The van der Waals surface area contributed by atoms with Gasteiger partial charge in [0.2, 0.25) is 27.7 Å². The van der Waals surface area contributed by atoms with Crippen molar-refractivity contribution in [2.75, 3.05) is 13.7 Å². The second kappa shape index (κ2) is 15.5. The van der Waals surface area contributed by atoms with Gasteiger partial charge >= 0.3 is 6.09 Å². The summed E-state index contributed by atoms with van der Waals surface area (Å²) in [6, 6.07) is 2.92. The van der Waals surface area contributed by atoms with Gasteiger partial charge in [-0.25, -0.2) is 23.2 Å². The Kier molecular flexibility index (Phi) is 11.5. The third-order valence-corrected chi connectivity index (χ3v) is 12.4. The molecule has 2 saturated carbocycles. The third kappa shape index (κ3) is 8.16. The summed E-state index contributed by atoms with van der Waals surface area (Å²) in [5, 5.41) is 14.7. The molecule has 4 N–H and O–H groups in total. The molecule has 5 atom stereocenters. The molecule has 0 bridgehead atoms. The molecule has 4 amide bonds. The van der Waals surface area contributed by atoms with Gasteiger partial charge in [-0.05, 0) is 64.0 Å². The average molecular weight is 741 g/mol. The lowest BCUT2D eigenvalue weighted by atomic mass is 10.0. The van der Waals surface area contributed by atoms with E-state index in [0.717, 1.165) is 19.3 Å². The highest BCUT2D eigenvalue weighted by molar-refractivity contribution is 7.91. The van der Waals surface area contributed by atoms with E-state index < -0.39 is 68.2 Å². The number of nitrogens with one attached hydrogen (secondary N) is 3. The van der Waals surface area contributed by atoms with E-state index in [1.54, 1.807) is 31.2 Å². The van der Waals surface area contributed by atoms with Crippen LogP contribution in [0.5, 0.6) is 11.6 Å². The summed E-state index contributed by atoms with van der Waals surface area (Å²) >= 11 is 0. The Labute approximate surface area is 303 Å². The first-order valence-electron chi connectivity index (χ1n) is 17.6. The minimum absolute atomic E-state index is 0.0233. The number of fused-ring (bicyclic) bond motifs is 1. The molecular formula is C36H48N6O9S. The lowest BCUT2D eigenvalue weighted by Crippen LogP contribution is -2.58. The van der Waals surface area contributed by atoms with Crippen LogP contribution in [0.2, 0.25) is 0 Å². The number of benzene rings is 1. The molecule has 0 spiro atoms. The normalized spacial score (nSPS) is 23.6. The molecule has 5 rings (SSSR count). The van der Waals surface area contributed by atoms with Gasteiger partial charge in [0.25, 0.3) is 5.91 Å². The standard InChI is InChI=1S/C36H48N6O9S/c1-6-9-10-11-12-13-27(39-34(46)47)32(44)42-21-24(51-31-25(8-3)37-26-15-14-23(50-5)18-28(26)38-31)19-29(42)30(43)40-36(20-22(36)7-2)33(45)41-52(48,49)35(4)16-17-35/h6-7,14-15,18,22,24,27,29,39H,1-2,8-13,16-17,19-21H2,3-5H3,(H,40,43)(H,41,45)(H,46,47)/t22-,24-,27?,29+,36-/m1/s1. The molecular weight excluding hydrogens is 692 g/mol. The zero-order chi connectivity index (χ0) is 37.8. The number of hydrogen-bond donors (Lipinski definition) is 4. The van der Waals surface area contributed by atoms with Crippen molar-refractivity contribution in [1.82, 2.24) is 30.2 Å². The van der Waals surface area contributed by atoms with Crippen molar-refractivity contribution >= 4 is 44.9 Å². The second-order valence-electron chi connectivity index (χ2n) is 14.0. The Morgan fingerprint density at radius 1 is 1.13 bits per heavy atom. The van der Waals surface area contributed by atoms with Crippen LogP contribution in [-0.2, 0) is 30.8 Å².